The number of ether oxygens (including phenoxy) is 1. The summed E-state index contributed by atoms with van der Waals surface area (Å²) in [4.78, 5) is 0. The molecule has 0 aromatic carbocycles. The van der Waals surface area contributed by atoms with E-state index in [2.05, 4.69) is 7.05 Å². The second kappa shape index (κ2) is 6.58. The first-order valence-electron chi connectivity index (χ1n) is 6.67. The van der Waals surface area contributed by atoms with Crippen molar-refractivity contribution in [2.75, 3.05) is 33.3 Å². The number of aliphatic hydroxyl groups excluding tert-OH is 1. The van der Waals surface area contributed by atoms with E-state index in [0.717, 1.165) is 13.0 Å². The number of rotatable bonds is 6. The highest BCUT2D eigenvalue weighted by atomic mass is 16.5. The van der Waals surface area contributed by atoms with Crippen molar-refractivity contribution in [3.63, 3.8) is 0 Å². The molecular formula is C13H28NO2+. The Labute approximate surface area is 100.0 Å². The first-order valence-corrected chi connectivity index (χ1v) is 6.67. The zero-order valence-electron chi connectivity index (χ0n) is 11.1. The summed E-state index contributed by atoms with van der Waals surface area (Å²) in [6.45, 7) is 8.36. The van der Waals surface area contributed by atoms with Crippen molar-refractivity contribution < 1.29 is 14.3 Å². The highest BCUT2D eigenvalue weighted by molar-refractivity contribution is 4.57. The van der Waals surface area contributed by atoms with Gasteiger partial charge in [-0.05, 0) is 33.1 Å². The minimum atomic E-state index is -0.361. The van der Waals surface area contributed by atoms with E-state index in [1.54, 1.807) is 6.92 Å². The average molecular weight is 230 g/mol. The van der Waals surface area contributed by atoms with Gasteiger partial charge < -0.3 is 14.3 Å². The van der Waals surface area contributed by atoms with E-state index >= 15 is 0 Å². The Hall–Kier alpha value is -0.120. The second-order valence-corrected chi connectivity index (χ2v) is 5.52. The van der Waals surface area contributed by atoms with E-state index in [1.165, 1.54) is 43.4 Å². The molecule has 2 atom stereocenters. The van der Waals surface area contributed by atoms with Crippen molar-refractivity contribution in [2.45, 2.75) is 51.7 Å². The molecule has 0 aliphatic carbocycles. The molecular weight excluding hydrogens is 202 g/mol. The summed E-state index contributed by atoms with van der Waals surface area (Å²) >= 11 is 0. The summed E-state index contributed by atoms with van der Waals surface area (Å²) in [6.07, 6.45) is 4.87. The molecule has 0 bridgehead atoms. The molecule has 2 unspecified atom stereocenters. The van der Waals surface area contributed by atoms with E-state index in [-0.39, 0.29) is 12.2 Å². The first kappa shape index (κ1) is 13.9. The van der Waals surface area contributed by atoms with Gasteiger partial charge in [0.1, 0.15) is 0 Å². The van der Waals surface area contributed by atoms with Gasteiger partial charge in [-0.3, -0.25) is 0 Å². The molecule has 3 heteroatoms. The van der Waals surface area contributed by atoms with Gasteiger partial charge in [0, 0.05) is 6.42 Å². The molecule has 0 aromatic heterocycles. The van der Waals surface area contributed by atoms with Gasteiger partial charge in [-0.15, -0.1) is 0 Å². The molecule has 3 nitrogen and oxygen atoms in total. The number of hydrogen-bond donors (Lipinski definition) is 1. The van der Waals surface area contributed by atoms with Gasteiger partial charge in [0.2, 0.25) is 0 Å². The van der Waals surface area contributed by atoms with Crippen LogP contribution < -0.4 is 0 Å². The van der Waals surface area contributed by atoms with Crippen molar-refractivity contribution in [1.82, 2.24) is 0 Å². The molecule has 1 fully saturated rings. The van der Waals surface area contributed by atoms with E-state index in [4.69, 9.17) is 4.74 Å². The van der Waals surface area contributed by atoms with Crippen LogP contribution in [-0.2, 0) is 4.74 Å². The Kier molecular flexibility index (Phi) is 5.73. The summed E-state index contributed by atoms with van der Waals surface area (Å²) < 4.78 is 6.79. The van der Waals surface area contributed by atoms with Crippen LogP contribution in [0.5, 0.6) is 0 Å². The van der Waals surface area contributed by atoms with E-state index < -0.39 is 0 Å². The fourth-order valence-electron chi connectivity index (χ4n) is 2.35. The van der Waals surface area contributed by atoms with Crippen LogP contribution in [0.15, 0.2) is 0 Å². The predicted octanol–water partition coefficient (Wildman–Crippen LogP) is 1.79. The monoisotopic (exact) mass is 230 g/mol. The molecule has 16 heavy (non-hydrogen) atoms. The Morgan fingerprint density at radius 3 is 2.38 bits per heavy atom. The van der Waals surface area contributed by atoms with Crippen molar-refractivity contribution in [3.8, 4) is 0 Å². The number of quaternary nitrogens is 1. The Bertz CT molecular complexity index is 188. The lowest BCUT2D eigenvalue weighted by molar-refractivity contribution is -0.914. The average Bonchev–Trinajstić information content (AvgIpc) is 2.25. The summed E-state index contributed by atoms with van der Waals surface area (Å²) in [7, 11) is 2.36. The van der Waals surface area contributed by atoms with Crippen molar-refractivity contribution >= 4 is 0 Å². The molecule has 0 saturated carbocycles. The van der Waals surface area contributed by atoms with Gasteiger partial charge >= 0.3 is 0 Å². The number of nitrogens with zero attached hydrogens (tertiary/aromatic N) is 1. The molecule has 96 valence electrons. The topological polar surface area (TPSA) is 29.5 Å². The first-order chi connectivity index (χ1) is 7.53. The molecule has 0 radical (unpaired) electrons. The standard InChI is InChI=1S/C13H28NO2/c1-12(15)13(2)16-11-7-10-14(3)8-5-4-6-9-14/h12-13,15H,4-11H2,1-3H3/q+1. The summed E-state index contributed by atoms with van der Waals surface area (Å²) in [5, 5.41) is 9.29. The smallest absolute Gasteiger partial charge is 0.0806 e. The van der Waals surface area contributed by atoms with Crippen molar-refractivity contribution in [1.29, 1.82) is 0 Å². The molecule has 1 N–H and O–H groups in total. The van der Waals surface area contributed by atoms with Crippen LogP contribution in [-0.4, -0.2) is 55.1 Å². The van der Waals surface area contributed by atoms with Gasteiger partial charge in [-0.1, -0.05) is 0 Å². The van der Waals surface area contributed by atoms with Gasteiger partial charge in [-0.25, -0.2) is 0 Å². The zero-order chi connectivity index (χ0) is 12.0. The summed E-state index contributed by atoms with van der Waals surface area (Å²) in [5.74, 6) is 0. The molecule has 1 heterocycles. The van der Waals surface area contributed by atoms with Crippen LogP contribution in [0.25, 0.3) is 0 Å². The predicted molar refractivity (Wildman–Crippen MR) is 66.3 cm³/mol. The third-order valence-corrected chi connectivity index (χ3v) is 3.80. The fraction of sp³-hybridized carbons (Fsp3) is 1.00. The van der Waals surface area contributed by atoms with Crippen LogP contribution >= 0.6 is 0 Å². The van der Waals surface area contributed by atoms with Crippen molar-refractivity contribution in [3.05, 3.63) is 0 Å². The summed E-state index contributed by atoms with van der Waals surface area (Å²) in [6, 6.07) is 0. The highest BCUT2D eigenvalue weighted by Crippen LogP contribution is 2.16. The molecule has 1 rings (SSSR count). The Balaban J connectivity index is 2.10. The van der Waals surface area contributed by atoms with Gasteiger partial charge in [-0.2, -0.15) is 0 Å². The quantitative estimate of drug-likeness (QED) is 0.557. The molecule has 1 aliphatic heterocycles. The lowest BCUT2D eigenvalue weighted by atomic mass is 10.1. The normalized spacial score (nSPS) is 24.0. The maximum Gasteiger partial charge on any atom is 0.0806 e. The van der Waals surface area contributed by atoms with Crippen LogP contribution in [0.2, 0.25) is 0 Å². The molecule has 0 spiro atoms. The van der Waals surface area contributed by atoms with Gasteiger partial charge in [0.25, 0.3) is 0 Å². The third-order valence-electron chi connectivity index (χ3n) is 3.80. The highest BCUT2D eigenvalue weighted by Gasteiger charge is 2.23. The minimum absolute atomic E-state index is 0.0355. The van der Waals surface area contributed by atoms with Gasteiger partial charge in [0.15, 0.2) is 0 Å². The Morgan fingerprint density at radius 2 is 1.81 bits per heavy atom. The van der Waals surface area contributed by atoms with Crippen molar-refractivity contribution in [2.24, 2.45) is 0 Å². The minimum Gasteiger partial charge on any atom is -0.391 e. The number of piperidine rings is 1. The summed E-state index contributed by atoms with van der Waals surface area (Å²) in [5.41, 5.74) is 0. The van der Waals surface area contributed by atoms with Gasteiger partial charge in [0.05, 0.1) is 45.5 Å². The molecule has 1 saturated heterocycles. The Morgan fingerprint density at radius 1 is 1.19 bits per heavy atom. The molecule has 0 amide bonds. The number of hydrogen-bond acceptors (Lipinski definition) is 2. The molecule has 1 aliphatic rings. The lowest BCUT2D eigenvalue weighted by Crippen LogP contribution is -2.48. The number of aliphatic hydroxyl groups is 1. The lowest BCUT2D eigenvalue weighted by Gasteiger charge is -2.37. The van der Waals surface area contributed by atoms with E-state index in [1.807, 2.05) is 6.92 Å². The third kappa shape index (κ3) is 4.81. The van der Waals surface area contributed by atoms with E-state index in [0.29, 0.717) is 0 Å². The van der Waals surface area contributed by atoms with E-state index in [9.17, 15) is 5.11 Å². The maximum atomic E-state index is 9.29. The van der Waals surface area contributed by atoms with Crippen LogP contribution in [0, 0.1) is 0 Å². The zero-order valence-corrected chi connectivity index (χ0v) is 11.1. The molecule has 0 aromatic rings. The van der Waals surface area contributed by atoms with Crippen LogP contribution in [0.1, 0.15) is 39.5 Å². The largest absolute Gasteiger partial charge is 0.391 e. The SMILES string of the molecule is CC(O)C(C)OCCC[N+]1(C)CCCCC1. The van der Waals surface area contributed by atoms with Crippen LogP contribution in [0.4, 0.5) is 0 Å². The van der Waals surface area contributed by atoms with Crippen LogP contribution in [0.3, 0.4) is 0 Å². The number of likely N-dealkylation sites (tertiary alicyclic amines) is 1. The second-order valence-electron chi connectivity index (χ2n) is 5.52. The fourth-order valence-corrected chi connectivity index (χ4v) is 2.35. The maximum absolute atomic E-state index is 9.29.